The van der Waals surface area contributed by atoms with Gasteiger partial charge in [0.1, 0.15) is 0 Å². The quantitative estimate of drug-likeness (QED) is 0.790. The number of amides is 1. The highest BCUT2D eigenvalue weighted by atomic mass is 79.9. The summed E-state index contributed by atoms with van der Waals surface area (Å²) >= 11 is 3.32. The molecule has 1 aliphatic rings. The minimum atomic E-state index is -4.54. The summed E-state index contributed by atoms with van der Waals surface area (Å²) < 4.78 is 42.6. The molecule has 1 unspecified atom stereocenters. The molecule has 0 spiro atoms. The number of fused-ring (bicyclic) bond motifs is 1. The molecule has 1 N–H and O–H groups in total. The van der Waals surface area contributed by atoms with Crippen LogP contribution in [0.2, 0.25) is 0 Å². The number of hydrogen-bond acceptors (Lipinski definition) is 2. The van der Waals surface area contributed by atoms with Gasteiger partial charge in [0, 0.05) is 16.4 Å². The molecule has 128 valence electrons. The zero-order chi connectivity index (χ0) is 17.7. The number of hydrogen-bond donors (Lipinski definition) is 1. The Morgan fingerprint density at radius 1 is 1.25 bits per heavy atom. The summed E-state index contributed by atoms with van der Waals surface area (Å²) in [5.74, 6) is -0.407. The second-order valence-corrected chi connectivity index (χ2v) is 7.47. The lowest BCUT2D eigenvalue weighted by molar-refractivity contribution is -0.203. The lowest BCUT2D eigenvalue weighted by atomic mass is 9.94. The lowest BCUT2D eigenvalue weighted by Crippen LogP contribution is -2.51. The van der Waals surface area contributed by atoms with E-state index >= 15 is 0 Å². The topological polar surface area (TPSA) is 32.3 Å². The van der Waals surface area contributed by atoms with Crippen molar-refractivity contribution >= 4 is 32.6 Å². The zero-order valence-corrected chi connectivity index (χ0v) is 14.7. The van der Waals surface area contributed by atoms with Crippen molar-refractivity contribution in [3.63, 3.8) is 0 Å². The molecule has 0 bridgehead atoms. The summed E-state index contributed by atoms with van der Waals surface area (Å²) in [6.07, 6.45) is -4.51. The average molecular weight is 401 g/mol. The minimum Gasteiger partial charge on any atom is -0.287 e. The first-order chi connectivity index (χ1) is 11.1. The van der Waals surface area contributed by atoms with E-state index in [1.165, 1.54) is 6.07 Å². The molecule has 0 aliphatic carbocycles. The van der Waals surface area contributed by atoms with Crippen molar-refractivity contribution in [3.05, 3.63) is 46.4 Å². The molecular formula is C17H16BrF3N2O. The number of carbonyl (C=O) groups is 1. The van der Waals surface area contributed by atoms with Gasteiger partial charge in [0.25, 0.3) is 0 Å². The number of benzene rings is 2. The van der Waals surface area contributed by atoms with Crippen molar-refractivity contribution < 1.29 is 18.0 Å². The fraction of sp³-hybridized carbons (Fsp3) is 0.353. The number of nitrogens with zero attached hydrogens (tertiary/aromatic N) is 1. The summed E-state index contributed by atoms with van der Waals surface area (Å²) in [6.45, 7) is 3.26. The van der Waals surface area contributed by atoms with Gasteiger partial charge in [0.15, 0.2) is 6.04 Å². The molecule has 7 heteroatoms. The Morgan fingerprint density at radius 2 is 1.96 bits per heavy atom. The van der Waals surface area contributed by atoms with E-state index in [4.69, 9.17) is 0 Å². The van der Waals surface area contributed by atoms with Crippen LogP contribution in [0.3, 0.4) is 0 Å². The number of halogens is 4. The molecule has 1 saturated heterocycles. The van der Waals surface area contributed by atoms with Gasteiger partial charge in [-0.15, -0.1) is 0 Å². The Bertz CT molecular complexity index is 804. The number of hydrazine groups is 1. The van der Waals surface area contributed by atoms with Gasteiger partial charge in [-0.05, 0) is 42.3 Å². The van der Waals surface area contributed by atoms with Crippen molar-refractivity contribution in [2.75, 3.05) is 0 Å². The second-order valence-electron chi connectivity index (χ2n) is 6.55. The fourth-order valence-corrected chi connectivity index (χ4v) is 3.55. The van der Waals surface area contributed by atoms with Crippen LogP contribution < -0.4 is 5.43 Å². The van der Waals surface area contributed by atoms with Crippen molar-refractivity contribution in [2.24, 2.45) is 0 Å². The van der Waals surface area contributed by atoms with Crippen LogP contribution in [0.5, 0.6) is 0 Å². The molecule has 2 aromatic rings. The standard InChI is InChI=1S/C17H16BrF3N2O/c1-16(2)9-14(24)22-23(16)15(17(19,20)21)12-5-3-4-10-6-7-11(18)8-13(10)12/h3-8,15H,9H2,1-2H3,(H,22,24). The molecule has 3 nitrogen and oxygen atoms in total. The highest BCUT2D eigenvalue weighted by Gasteiger charge is 2.53. The van der Waals surface area contributed by atoms with Crippen molar-refractivity contribution in [1.82, 2.24) is 10.4 Å². The van der Waals surface area contributed by atoms with E-state index in [1.54, 1.807) is 44.2 Å². The van der Waals surface area contributed by atoms with Crippen molar-refractivity contribution in [1.29, 1.82) is 0 Å². The molecule has 1 fully saturated rings. The third kappa shape index (κ3) is 3.02. The molecule has 0 radical (unpaired) electrons. The SMILES string of the molecule is CC1(C)CC(=O)NN1C(c1cccc2ccc(Br)cc12)C(F)(F)F. The Balaban J connectivity index is 2.22. The van der Waals surface area contributed by atoms with Crippen LogP contribution >= 0.6 is 15.9 Å². The maximum Gasteiger partial charge on any atom is 0.409 e. The van der Waals surface area contributed by atoms with Crippen LogP contribution in [0, 0.1) is 0 Å². The van der Waals surface area contributed by atoms with Crippen LogP contribution in [-0.2, 0) is 4.79 Å². The lowest BCUT2D eigenvalue weighted by Gasteiger charge is -2.38. The average Bonchev–Trinajstić information content (AvgIpc) is 2.71. The Hall–Kier alpha value is -1.60. The van der Waals surface area contributed by atoms with Gasteiger partial charge in [-0.3, -0.25) is 10.2 Å². The van der Waals surface area contributed by atoms with Gasteiger partial charge in [0.05, 0.1) is 0 Å². The highest BCUT2D eigenvalue weighted by Crippen LogP contribution is 2.44. The molecule has 0 aromatic heterocycles. The van der Waals surface area contributed by atoms with Crippen LogP contribution in [-0.4, -0.2) is 22.6 Å². The summed E-state index contributed by atoms with van der Waals surface area (Å²) in [4.78, 5) is 11.7. The summed E-state index contributed by atoms with van der Waals surface area (Å²) in [6, 6.07) is 8.15. The molecule has 3 rings (SSSR count). The summed E-state index contributed by atoms with van der Waals surface area (Å²) in [5.41, 5.74) is 1.57. The van der Waals surface area contributed by atoms with E-state index in [-0.39, 0.29) is 12.0 Å². The third-order valence-corrected chi connectivity index (χ3v) is 4.72. The molecular weight excluding hydrogens is 385 g/mol. The van der Waals surface area contributed by atoms with Gasteiger partial charge in [0.2, 0.25) is 5.91 Å². The van der Waals surface area contributed by atoms with E-state index in [1.807, 2.05) is 0 Å². The first-order valence-electron chi connectivity index (χ1n) is 7.43. The highest BCUT2D eigenvalue weighted by molar-refractivity contribution is 9.10. The van der Waals surface area contributed by atoms with Crippen molar-refractivity contribution in [2.45, 2.75) is 38.0 Å². The summed E-state index contributed by atoms with van der Waals surface area (Å²) in [7, 11) is 0. The first-order valence-corrected chi connectivity index (χ1v) is 8.22. The molecule has 1 aliphatic heterocycles. The number of nitrogens with one attached hydrogen (secondary N) is 1. The van der Waals surface area contributed by atoms with E-state index in [0.717, 1.165) is 5.01 Å². The largest absolute Gasteiger partial charge is 0.409 e. The first kappa shape index (κ1) is 17.2. The maximum atomic E-state index is 14.0. The molecule has 1 amide bonds. The van der Waals surface area contributed by atoms with E-state index in [2.05, 4.69) is 21.4 Å². The predicted molar refractivity (Wildman–Crippen MR) is 89.1 cm³/mol. The molecule has 2 aromatic carbocycles. The van der Waals surface area contributed by atoms with Gasteiger partial charge < -0.3 is 0 Å². The van der Waals surface area contributed by atoms with Crippen LogP contribution in [0.15, 0.2) is 40.9 Å². The smallest absolute Gasteiger partial charge is 0.287 e. The van der Waals surface area contributed by atoms with Gasteiger partial charge in [-0.25, -0.2) is 0 Å². The minimum absolute atomic E-state index is 0.0219. The number of carbonyl (C=O) groups excluding carboxylic acids is 1. The van der Waals surface area contributed by atoms with E-state index < -0.39 is 23.7 Å². The van der Waals surface area contributed by atoms with Crippen molar-refractivity contribution in [3.8, 4) is 0 Å². The Kier molecular flexibility index (Phi) is 4.12. The summed E-state index contributed by atoms with van der Waals surface area (Å²) in [5, 5.41) is 2.25. The predicted octanol–water partition coefficient (Wildman–Crippen LogP) is 4.72. The molecule has 24 heavy (non-hydrogen) atoms. The zero-order valence-electron chi connectivity index (χ0n) is 13.1. The Labute approximate surface area is 145 Å². The second kappa shape index (κ2) is 5.74. The fourth-order valence-electron chi connectivity index (χ4n) is 3.19. The van der Waals surface area contributed by atoms with E-state index in [0.29, 0.717) is 15.2 Å². The molecule has 0 saturated carbocycles. The normalized spacial score (nSPS) is 19.5. The molecule has 1 heterocycles. The van der Waals surface area contributed by atoms with Gasteiger partial charge in [-0.1, -0.05) is 40.2 Å². The Morgan fingerprint density at radius 3 is 2.54 bits per heavy atom. The number of rotatable bonds is 2. The molecule has 1 atom stereocenters. The van der Waals surface area contributed by atoms with Gasteiger partial charge >= 0.3 is 6.18 Å². The van der Waals surface area contributed by atoms with Crippen LogP contribution in [0.25, 0.3) is 10.8 Å². The van der Waals surface area contributed by atoms with Crippen LogP contribution in [0.4, 0.5) is 13.2 Å². The van der Waals surface area contributed by atoms with Gasteiger partial charge in [-0.2, -0.15) is 18.2 Å². The maximum absolute atomic E-state index is 14.0. The monoisotopic (exact) mass is 400 g/mol. The van der Waals surface area contributed by atoms with Crippen LogP contribution in [0.1, 0.15) is 31.9 Å². The van der Waals surface area contributed by atoms with E-state index in [9.17, 15) is 18.0 Å². The third-order valence-electron chi connectivity index (χ3n) is 4.23. The number of alkyl halides is 3.